The third-order valence-corrected chi connectivity index (χ3v) is 3.49. The van der Waals surface area contributed by atoms with Gasteiger partial charge in [0.1, 0.15) is 0 Å². The van der Waals surface area contributed by atoms with Crippen molar-refractivity contribution in [3.63, 3.8) is 0 Å². The fourth-order valence-electron chi connectivity index (χ4n) is 2.22. The molecular weight excluding hydrogens is 246 g/mol. The molecule has 1 aromatic heterocycles. The molecule has 0 aliphatic rings. The molecule has 1 heterocycles. The molecule has 2 rings (SSSR count). The van der Waals surface area contributed by atoms with E-state index in [1.165, 1.54) is 16.7 Å². The Balaban J connectivity index is 1.95. The second-order valence-electron chi connectivity index (χ2n) is 5.92. The molecule has 1 aromatic carbocycles. The SMILES string of the molecule is Cc1cnn(Cc2ccc(C(C)CNC(C)C)cc2)c1. The van der Waals surface area contributed by atoms with Crippen LogP contribution in [0.1, 0.15) is 43.4 Å². The van der Waals surface area contributed by atoms with Gasteiger partial charge in [-0.3, -0.25) is 4.68 Å². The monoisotopic (exact) mass is 271 g/mol. The highest BCUT2D eigenvalue weighted by Crippen LogP contribution is 2.16. The Morgan fingerprint density at radius 3 is 2.40 bits per heavy atom. The van der Waals surface area contributed by atoms with E-state index in [0.717, 1.165) is 13.1 Å². The number of nitrogens with one attached hydrogen (secondary N) is 1. The predicted molar refractivity (Wildman–Crippen MR) is 84.1 cm³/mol. The Bertz CT molecular complexity index is 525. The number of hydrogen-bond acceptors (Lipinski definition) is 2. The first-order chi connectivity index (χ1) is 9.54. The van der Waals surface area contributed by atoms with Crippen LogP contribution in [0.3, 0.4) is 0 Å². The lowest BCUT2D eigenvalue weighted by atomic mass is 9.99. The van der Waals surface area contributed by atoms with E-state index < -0.39 is 0 Å². The lowest BCUT2D eigenvalue weighted by Gasteiger charge is -2.15. The molecule has 0 aliphatic carbocycles. The molecule has 0 radical (unpaired) electrons. The summed E-state index contributed by atoms with van der Waals surface area (Å²) in [7, 11) is 0. The van der Waals surface area contributed by atoms with Crippen molar-refractivity contribution in [3.05, 3.63) is 53.3 Å². The van der Waals surface area contributed by atoms with Gasteiger partial charge in [0.25, 0.3) is 0 Å². The molecule has 0 bridgehead atoms. The van der Waals surface area contributed by atoms with Crippen molar-refractivity contribution in [3.8, 4) is 0 Å². The summed E-state index contributed by atoms with van der Waals surface area (Å²) >= 11 is 0. The van der Waals surface area contributed by atoms with E-state index >= 15 is 0 Å². The third kappa shape index (κ3) is 4.20. The number of aromatic nitrogens is 2. The van der Waals surface area contributed by atoms with Gasteiger partial charge in [-0.1, -0.05) is 45.0 Å². The maximum absolute atomic E-state index is 4.32. The van der Waals surface area contributed by atoms with Gasteiger partial charge in [0.05, 0.1) is 12.7 Å². The van der Waals surface area contributed by atoms with Gasteiger partial charge < -0.3 is 5.32 Å². The van der Waals surface area contributed by atoms with Crippen LogP contribution in [-0.4, -0.2) is 22.4 Å². The molecule has 1 N–H and O–H groups in total. The van der Waals surface area contributed by atoms with Gasteiger partial charge in [-0.25, -0.2) is 0 Å². The summed E-state index contributed by atoms with van der Waals surface area (Å²) < 4.78 is 1.98. The van der Waals surface area contributed by atoms with Gasteiger partial charge in [-0.15, -0.1) is 0 Å². The molecule has 1 unspecified atom stereocenters. The number of aryl methyl sites for hydroxylation is 1. The van der Waals surface area contributed by atoms with Crippen LogP contribution in [0.15, 0.2) is 36.7 Å². The highest BCUT2D eigenvalue weighted by atomic mass is 15.3. The number of rotatable bonds is 6. The Hall–Kier alpha value is -1.61. The fourth-order valence-corrected chi connectivity index (χ4v) is 2.22. The lowest BCUT2D eigenvalue weighted by molar-refractivity contribution is 0.548. The van der Waals surface area contributed by atoms with E-state index in [1.54, 1.807) is 0 Å². The number of nitrogens with zero attached hydrogens (tertiary/aromatic N) is 2. The average Bonchev–Trinajstić information content (AvgIpc) is 2.82. The van der Waals surface area contributed by atoms with E-state index in [-0.39, 0.29) is 0 Å². The molecule has 3 heteroatoms. The van der Waals surface area contributed by atoms with Gasteiger partial charge in [0.15, 0.2) is 0 Å². The standard InChI is InChI=1S/C17H25N3/c1-13(2)18-10-15(4)17-7-5-16(6-8-17)12-20-11-14(3)9-19-20/h5-9,11,13,15,18H,10,12H2,1-4H3. The normalized spacial score (nSPS) is 12.8. The van der Waals surface area contributed by atoms with Gasteiger partial charge in [0, 0.05) is 18.8 Å². The smallest absolute Gasteiger partial charge is 0.0659 e. The summed E-state index contributed by atoms with van der Waals surface area (Å²) in [6.07, 6.45) is 3.97. The summed E-state index contributed by atoms with van der Waals surface area (Å²) in [5.74, 6) is 0.540. The van der Waals surface area contributed by atoms with Gasteiger partial charge in [-0.05, 0) is 29.5 Å². The van der Waals surface area contributed by atoms with E-state index in [1.807, 2.05) is 10.9 Å². The van der Waals surface area contributed by atoms with Crippen LogP contribution in [0.4, 0.5) is 0 Å². The molecule has 2 aromatic rings. The van der Waals surface area contributed by atoms with Crippen LogP contribution in [-0.2, 0) is 6.54 Å². The van der Waals surface area contributed by atoms with Gasteiger partial charge >= 0.3 is 0 Å². The van der Waals surface area contributed by atoms with E-state index in [2.05, 4.69) is 68.6 Å². The topological polar surface area (TPSA) is 29.9 Å². The Labute approximate surface area is 122 Å². The van der Waals surface area contributed by atoms with E-state index in [9.17, 15) is 0 Å². The Morgan fingerprint density at radius 2 is 1.85 bits per heavy atom. The molecule has 0 amide bonds. The van der Waals surface area contributed by atoms with Crippen molar-refractivity contribution >= 4 is 0 Å². The first-order valence-corrected chi connectivity index (χ1v) is 7.36. The minimum Gasteiger partial charge on any atom is -0.314 e. The zero-order valence-corrected chi connectivity index (χ0v) is 12.9. The molecule has 0 saturated heterocycles. The molecular formula is C17H25N3. The Kier molecular flexibility index (Phi) is 4.96. The number of hydrogen-bond donors (Lipinski definition) is 1. The van der Waals surface area contributed by atoms with Crippen LogP contribution in [0.25, 0.3) is 0 Å². The first-order valence-electron chi connectivity index (χ1n) is 7.36. The number of benzene rings is 1. The molecule has 0 spiro atoms. The summed E-state index contributed by atoms with van der Waals surface area (Å²) in [4.78, 5) is 0. The minimum absolute atomic E-state index is 0.540. The summed E-state index contributed by atoms with van der Waals surface area (Å²) in [5.41, 5.74) is 3.88. The summed E-state index contributed by atoms with van der Waals surface area (Å²) in [6, 6.07) is 9.42. The Morgan fingerprint density at radius 1 is 1.15 bits per heavy atom. The molecule has 108 valence electrons. The van der Waals surface area contributed by atoms with Crippen LogP contribution in [0.5, 0.6) is 0 Å². The minimum atomic E-state index is 0.540. The highest BCUT2D eigenvalue weighted by molar-refractivity contribution is 5.25. The van der Waals surface area contributed by atoms with Crippen molar-refractivity contribution in [1.82, 2.24) is 15.1 Å². The average molecular weight is 271 g/mol. The maximum atomic E-state index is 4.32. The van der Waals surface area contributed by atoms with Gasteiger partial charge in [0.2, 0.25) is 0 Å². The van der Waals surface area contributed by atoms with Crippen molar-refractivity contribution in [2.45, 2.75) is 46.2 Å². The second-order valence-corrected chi connectivity index (χ2v) is 5.92. The van der Waals surface area contributed by atoms with Crippen LogP contribution >= 0.6 is 0 Å². The van der Waals surface area contributed by atoms with Crippen molar-refractivity contribution in [2.24, 2.45) is 0 Å². The first kappa shape index (κ1) is 14.8. The molecule has 0 fully saturated rings. The van der Waals surface area contributed by atoms with E-state index in [0.29, 0.717) is 12.0 Å². The lowest BCUT2D eigenvalue weighted by Crippen LogP contribution is -2.26. The van der Waals surface area contributed by atoms with Gasteiger partial charge in [-0.2, -0.15) is 5.10 Å². The quantitative estimate of drug-likeness (QED) is 0.873. The fraction of sp³-hybridized carbons (Fsp3) is 0.471. The molecule has 20 heavy (non-hydrogen) atoms. The summed E-state index contributed by atoms with van der Waals surface area (Å²) in [6.45, 7) is 10.6. The van der Waals surface area contributed by atoms with Crippen molar-refractivity contribution < 1.29 is 0 Å². The van der Waals surface area contributed by atoms with E-state index in [4.69, 9.17) is 0 Å². The largest absolute Gasteiger partial charge is 0.314 e. The van der Waals surface area contributed by atoms with Crippen LogP contribution in [0, 0.1) is 6.92 Å². The third-order valence-electron chi connectivity index (χ3n) is 3.49. The second kappa shape index (κ2) is 6.71. The summed E-state index contributed by atoms with van der Waals surface area (Å²) in [5, 5.41) is 7.81. The zero-order valence-electron chi connectivity index (χ0n) is 12.9. The van der Waals surface area contributed by atoms with Crippen LogP contribution in [0.2, 0.25) is 0 Å². The zero-order chi connectivity index (χ0) is 14.5. The molecule has 3 nitrogen and oxygen atoms in total. The van der Waals surface area contributed by atoms with Crippen molar-refractivity contribution in [2.75, 3.05) is 6.54 Å². The van der Waals surface area contributed by atoms with Crippen LogP contribution < -0.4 is 5.32 Å². The highest BCUT2D eigenvalue weighted by Gasteiger charge is 2.06. The molecule has 0 aliphatic heterocycles. The molecule has 0 saturated carbocycles. The predicted octanol–water partition coefficient (Wildman–Crippen LogP) is 3.34. The maximum Gasteiger partial charge on any atom is 0.0659 e. The molecule has 1 atom stereocenters. The van der Waals surface area contributed by atoms with Crippen molar-refractivity contribution in [1.29, 1.82) is 0 Å².